The second-order valence-electron chi connectivity index (χ2n) is 3.65. The van der Waals surface area contributed by atoms with E-state index < -0.39 is 28.7 Å². The topological polar surface area (TPSA) is 30.0 Å². The monoisotopic (exact) mass is 299 g/mol. The molecule has 0 saturated carbocycles. The Morgan fingerprint density at radius 2 is 1.70 bits per heavy atom. The van der Waals surface area contributed by atoms with Crippen molar-refractivity contribution in [2.24, 2.45) is 0 Å². The van der Waals surface area contributed by atoms with E-state index in [0.29, 0.717) is 11.2 Å². The molecule has 2 nitrogen and oxygen atoms in total. The van der Waals surface area contributed by atoms with E-state index in [2.05, 4.69) is 4.98 Å². The summed E-state index contributed by atoms with van der Waals surface area (Å²) in [7, 11) is 0. The first kappa shape index (κ1) is 16.2. The summed E-state index contributed by atoms with van der Waals surface area (Å²) in [6.07, 6.45) is 2.05. The Balaban J connectivity index is 0.00000200. The van der Waals surface area contributed by atoms with Gasteiger partial charge in [0.1, 0.15) is 28.8 Å². The first-order valence-electron chi connectivity index (χ1n) is 5.22. The lowest BCUT2D eigenvalue weighted by Crippen LogP contribution is -1.99. The van der Waals surface area contributed by atoms with Crippen molar-refractivity contribution in [1.82, 2.24) is 4.98 Å². The van der Waals surface area contributed by atoms with Crippen molar-refractivity contribution in [2.45, 2.75) is 12.3 Å². The molecule has 1 aromatic heterocycles. The highest BCUT2D eigenvalue weighted by atomic mass is 32.2. The zero-order chi connectivity index (χ0) is 14.0. The molecule has 0 atom stereocenters. The molecule has 20 heavy (non-hydrogen) atoms. The Labute approximate surface area is 119 Å². The zero-order valence-corrected chi connectivity index (χ0v) is 10.6. The Morgan fingerprint density at radius 3 is 2.20 bits per heavy atom. The summed E-state index contributed by atoms with van der Waals surface area (Å²) in [6.45, 7) is 0. The van der Waals surface area contributed by atoms with Gasteiger partial charge in [0.15, 0.2) is 6.29 Å². The molecule has 0 aliphatic rings. The van der Waals surface area contributed by atoms with Crippen LogP contribution in [0.15, 0.2) is 29.2 Å². The third-order valence-electron chi connectivity index (χ3n) is 2.48. The average molecular weight is 299 g/mol. The summed E-state index contributed by atoms with van der Waals surface area (Å²) >= 11 is 1.16. The highest BCUT2D eigenvalue weighted by Gasteiger charge is 2.18. The van der Waals surface area contributed by atoms with Gasteiger partial charge in [-0.3, -0.25) is 4.79 Å². The summed E-state index contributed by atoms with van der Waals surface area (Å²) in [5.74, 6) is -2.72. The molecular formula is C14H12F3NOS. The van der Waals surface area contributed by atoms with E-state index in [4.69, 9.17) is 0 Å². The fourth-order valence-corrected chi connectivity index (χ4v) is 2.03. The minimum atomic E-state index is -0.918. The van der Waals surface area contributed by atoms with Crippen molar-refractivity contribution in [3.63, 3.8) is 0 Å². The number of aldehydes is 1. The molecule has 0 unspecified atom stereocenters. The van der Waals surface area contributed by atoms with Gasteiger partial charge in [0.25, 0.3) is 0 Å². The molecule has 0 saturated heterocycles. The summed E-state index contributed by atoms with van der Waals surface area (Å²) in [6, 6.07) is 4.28. The van der Waals surface area contributed by atoms with Gasteiger partial charge in [-0.15, -0.1) is 11.8 Å². The number of carbonyl (C=O) groups excluding carboxylic acids is 1. The smallest absolute Gasteiger partial charge is 0.168 e. The standard InChI is InChI=1S/C13H8F3NOS.CH4/c1-19-8-4-10(15)12(11(16)5-8)13-9(14)3-2-7(6-18)17-13;/h2-6H,1H3;1H4. The average Bonchev–Trinajstić information content (AvgIpc) is 2.39. The molecule has 6 heteroatoms. The van der Waals surface area contributed by atoms with Gasteiger partial charge in [0.05, 0.1) is 5.56 Å². The molecule has 0 bridgehead atoms. The first-order chi connectivity index (χ1) is 9.06. The second-order valence-corrected chi connectivity index (χ2v) is 4.53. The summed E-state index contributed by atoms with van der Waals surface area (Å²) in [5.41, 5.74) is -1.17. The predicted octanol–water partition coefficient (Wildman–Crippen LogP) is 4.34. The number of pyridine rings is 1. The molecule has 0 aliphatic carbocycles. The van der Waals surface area contributed by atoms with Crippen molar-refractivity contribution in [1.29, 1.82) is 0 Å². The van der Waals surface area contributed by atoms with E-state index in [-0.39, 0.29) is 13.1 Å². The molecule has 1 aromatic carbocycles. The Bertz CT molecular complexity index is 623. The van der Waals surface area contributed by atoms with Gasteiger partial charge in [0.2, 0.25) is 0 Å². The van der Waals surface area contributed by atoms with E-state index in [1.165, 1.54) is 0 Å². The van der Waals surface area contributed by atoms with Gasteiger partial charge in [0, 0.05) is 4.90 Å². The Hall–Kier alpha value is -1.82. The molecule has 0 N–H and O–H groups in total. The molecule has 2 rings (SSSR count). The maximum Gasteiger partial charge on any atom is 0.168 e. The fourth-order valence-electron chi connectivity index (χ4n) is 1.59. The zero-order valence-electron chi connectivity index (χ0n) is 9.78. The maximum atomic E-state index is 13.9. The van der Waals surface area contributed by atoms with Crippen LogP contribution < -0.4 is 0 Å². The molecule has 0 aliphatic heterocycles. The molecule has 0 radical (unpaired) electrons. The lowest BCUT2D eigenvalue weighted by atomic mass is 10.1. The van der Waals surface area contributed by atoms with Crippen LogP contribution in [0.4, 0.5) is 13.2 Å². The van der Waals surface area contributed by atoms with Gasteiger partial charge >= 0.3 is 0 Å². The number of nitrogens with zero attached hydrogens (tertiary/aromatic N) is 1. The fraction of sp³-hybridized carbons (Fsp3) is 0.143. The number of halogens is 3. The molecular weight excluding hydrogens is 287 g/mol. The summed E-state index contributed by atoms with van der Waals surface area (Å²) in [4.78, 5) is 14.6. The van der Waals surface area contributed by atoms with Crippen LogP contribution in [0.5, 0.6) is 0 Å². The van der Waals surface area contributed by atoms with E-state index in [0.717, 1.165) is 36.0 Å². The van der Waals surface area contributed by atoms with Crippen LogP contribution in [0, 0.1) is 17.5 Å². The van der Waals surface area contributed by atoms with Gasteiger partial charge in [-0.25, -0.2) is 18.2 Å². The third-order valence-corrected chi connectivity index (χ3v) is 3.18. The lowest BCUT2D eigenvalue weighted by molar-refractivity contribution is 0.111. The number of carbonyl (C=O) groups is 1. The van der Waals surface area contributed by atoms with Crippen molar-refractivity contribution in [3.8, 4) is 11.3 Å². The minimum Gasteiger partial charge on any atom is -0.296 e. The van der Waals surface area contributed by atoms with Gasteiger partial charge in [-0.2, -0.15) is 0 Å². The van der Waals surface area contributed by atoms with Crippen LogP contribution in [-0.2, 0) is 0 Å². The first-order valence-corrected chi connectivity index (χ1v) is 6.44. The van der Waals surface area contributed by atoms with Gasteiger partial charge in [-0.05, 0) is 30.5 Å². The second kappa shape index (κ2) is 6.56. The number of aromatic nitrogens is 1. The van der Waals surface area contributed by atoms with Crippen LogP contribution in [0.2, 0.25) is 0 Å². The van der Waals surface area contributed by atoms with Crippen LogP contribution in [0.25, 0.3) is 11.3 Å². The molecule has 0 fully saturated rings. The maximum absolute atomic E-state index is 13.9. The van der Waals surface area contributed by atoms with E-state index >= 15 is 0 Å². The quantitative estimate of drug-likeness (QED) is 0.624. The van der Waals surface area contributed by atoms with E-state index in [9.17, 15) is 18.0 Å². The largest absolute Gasteiger partial charge is 0.296 e. The number of rotatable bonds is 3. The minimum absolute atomic E-state index is 0. The molecule has 1 heterocycles. The summed E-state index contributed by atoms with van der Waals surface area (Å²) < 4.78 is 41.3. The van der Waals surface area contributed by atoms with E-state index in [1.807, 2.05) is 0 Å². The SMILES string of the molecule is C.CSc1cc(F)c(-c2nc(C=O)ccc2F)c(F)c1. The highest BCUT2D eigenvalue weighted by Crippen LogP contribution is 2.30. The van der Waals surface area contributed by atoms with Crippen LogP contribution >= 0.6 is 11.8 Å². The van der Waals surface area contributed by atoms with Gasteiger partial charge < -0.3 is 0 Å². The normalized spacial score (nSPS) is 10.0. The van der Waals surface area contributed by atoms with Gasteiger partial charge in [-0.1, -0.05) is 7.43 Å². The van der Waals surface area contributed by atoms with Crippen LogP contribution in [0.3, 0.4) is 0 Å². The third kappa shape index (κ3) is 3.01. The number of hydrogen-bond donors (Lipinski definition) is 0. The number of thioether (sulfide) groups is 1. The van der Waals surface area contributed by atoms with Crippen molar-refractivity contribution >= 4 is 18.0 Å². The highest BCUT2D eigenvalue weighted by molar-refractivity contribution is 7.98. The van der Waals surface area contributed by atoms with E-state index in [1.54, 1.807) is 6.26 Å². The molecule has 0 amide bonds. The Kier molecular flexibility index (Phi) is 5.33. The summed E-state index contributed by atoms with van der Waals surface area (Å²) in [5, 5.41) is 0. The van der Waals surface area contributed by atoms with Crippen molar-refractivity contribution in [3.05, 3.63) is 47.4 Å². The number of benzene rings is 1. The predicted molar refractivity (Wildman–Crippen MR) is 73.4 cm³/mol. The molecule has 2 aromatic rings. The van der Waals surface area contributed by atoms with Crippen molar-refractivity contribution in [2.75, 3.05) is 6.26 Å². The molecule has 106 valence electrons. The molecule has 0 spiro atoms. The van der Waals surface area contributed by atoms with Crippen LogP contribution in [-0.4, -0.2) is 17.5 Å². The number of hydrogen-bond acceptors (Lipinski definition) is 3. The van der Waals surface area contributed by atoms with Crippen molar-refractivity contribution < 1.29 is 18.0 Å². The Morgan fingerprint density at radius 1 is 1.10 bits per heavy atom. The lowest BCUT2D eigenvalue weighted by Gasteiger charge is -2.08. The van der Waals surface area contributed by atoms with Crippen LogP contribution in [0.1, 0.15) is 17.9 Å².